The monoisotopic (exact) mass is 422 g/mol. The van der Waals surface area contributed by atoms with Gasteiger partial charge in [0.05, 0.1) is 17.1 Å². The molecule has 2 heterocycles. The minimum absolute atomic E-state index is 0.136. The fourth-order valence-corrected chi connectivity index (χ4v) is 3.72. The average Bonchev–Trinajstić information content (AvgIpc) is 3.42. The van der Waals surface area contributed by atoms with Gasteiger partial charge in [-0.1, -0.05) is 0 Å². The zero-order valence-electron chi connectivity index (χ0n) is 17.7. The van der Waals surface area contributed by atoms with E-state index in [0.29, 0.717) is 23.5 Å². The molecule has 0 unspecified atom stereocenters. The molecule has 0 spiro atoms. The number of nitrogens with one attached hydrogen (secondary N) is 2. The van der Waals surface area contributed by atoms with Crippen LogP contribution in [-0.2, 0) is 11.3 Å². The molecule has 3 aromatic rings. The van der Waals surface area contributed by atoms with Crippen molar-refractivity contribution in [1.82, 2.24) is 20.4 Å². The van der Waals surface area contributed by atoms with Gasteiger partial charge in [0.2, 0.25) is 0 Å². The number of hydrazine groups is 1. The first kappa shape index (κ1) is 20.9. The molecule has 2 aromatic carbocycles. The summed E-state index contributed by atoms with van der Waals surface area (Å²) in [6.45, 7) is 6.08. The lowest BCUT2D eigenvalue weighted by Gasteiger charge is -2.12. The first-order chi connectivity index (χ1) is 15.0. The standard InChI is InChI=1S/C23H26N4O4/c1-3-27-15(2)24-20-13-17(8-11-21(20)27)23(29)26-25-22(28)16-6-9-18(10-7-16)31-14-19-5-4-12-30-19/h6-11,13,19H,3-5,12,14H2,1-2H3,(H,25,28)(H,26,29)/t19-/m0/s1. The molecule has 1 saturated heterocycles. The Labute approximate surface area is 180 Å². The molecule has 2 N–H and O–H groups in total. The maximum absolute atomic E-state index is 12.5. The Morgan fingerprint density at radius 1 is 1.13 bits per heavy atom. The van der Waals surface area contributed by atoms with Gasteiger partial charge in [0.1, 0.15) is 18.2 Å². The topological polar surface area (TPSA) is 94.5 Å². The van der Waals surface area contributed by atoms with Gasteiger partial charge in [-0.2, -0.15) is 0 Å². The molecule has 1 aliphatic heterocycles. The van der Waals surface area contributed by atoms with Crippen LogP contribution in [-0.4, -0.2) is 40.7 Å². The number of carbonyl (C=O) groups excluding carboxylic acids is 2. The van der Waals surface area contributed by atoms with Crippen LogP contribution in [0.1, 0.15) is 46.3 Å². The third kappa shape index (κ3) is 4.69. The Kier molecular flexibility index (Phi) is 6.18. The molecule has 1 atom stereocenters. The van der Waals surface area contributed by atoms with Gasteiger partial charge in [-0.05, 0) is 69.2 Å². The van der Waals surface area contributed by atoms with Gasteiger partial charge in [0.15, 0.2) is 0 Å². The molecule has 0 bridgehead atoms. The van der Waals surface area contributed by atoms with Crippen LogP contribution in [0.25, 0.3) is 11.0 Å². The molecule has 0 aliphatic carbocycles. The highest BCUT2D eigenvalue weighted by atomic mass is 16.5. The normalized spacial score (nSPS) is 15.7. The van der Waals surface area contributed by atoms with Crippen molar-refractivity contribution in [3.05, 3.63) is 59.4 Å². The second kappa shape index (κ2) is 9.18. The lowest BCUT2D eigenvalue weighted by Crippen LogP contribution is -2.41. The van der Waals surface area contributed by atoms with Crippen molar-refractivity contribution in [2.45, 2.75) is 39.3 Å². The third-order valence-electron chi connectivity index (χ3n) is 5.38. The number of hydrogen-bond donors (Lipinski definition) is 2. The number of ether oxygens (including phenoxy) is 2. The van der Waals surface area contributed by atoms with Crippen LogP contribution < -0.4 is 15.6 Å². The minimum atomic E-state index is -0.411. The number of rotatable bonds is 6. The number of nitrogens with zero attached hydrogens (tertiary/aromatic N) is 2. The van der Waals surface area contributed by atoms with Crippen molar-refractivity contribution in [2.24, 2.45) is 0 Å². The predicted molar refractivity (Wildman–Crippen MR) is 116 cm³/mol. The lowest BCUT2D eigenvalue weighted by molar-refractivity contribution is 0.0679. The number of carbonyl (C=O) groups is 2. The molecule has 1 aliphatic rings. The zero-order valence-corrected chi connectivity index (χ0v) is 17.7. The first-order valence-corrected chi connectivity index (χ1v) is 10.5. The van der Waals surface area contributed by atoms with Crippen LogP contribution in [0.2, 0.25) is 0 Å². The molecule has 1 aromatic heterocycles. The average molecular weight is 422 g/mol. The number of imidazole rings is 1. The summed E-state index contributed by atoms with van der Waals surface area (Å²) >= 11 is 0. The van der Waals surface area contributed by atoms with E-state index in [4.69, 9.17) is 9.47 Å². The van der Waals surface area contributed by atoms with Gasteiger partial charge in [0.25, 0.3) is 11.8 Å². The molecule has 8 heteroatoms. The van der Waals surface area contributed by atoms with Crippen molar-refractivity contribution in [3.8, 4) is 5.75 Å². The Bertz CT molecular complexity index is 1080. The van der Waals surface area contributed by atoms with E-state index in [0.717, 1.165) is 42.9 Å². The fraction of sp³-hybridized carbons (Fsp3) is 0.348. The highest BCUT2D eigenvalue weighted by Gasteiger charge is 2.16. The SMILES string of the molecule is CCn1c(C)nc2cc(C(=O)NNC(=O)c3ccc(OC[C@@H]4CCCO4)cc3)ccc21. The fourth-order valence-electron chi connectivity index (χ4n) is 3.72. The van der Waals surface area contributed by atoms with Crippen LogP contribution in [0.4, 0.5) is 0 Å². The first-order valence-electron chi connectivity index (χ1n) is 10.5. The summed E-state index contributed by atoms with van der Waals surface area (Å²) in [5.41, 5.74) is 7.46. The Morgan fingerprint density at radius 2 is 1.84 bits per heavy atom. The third-order valence-corrected chi connectivity index (χ3v) is 5.38. The largest absolute Gasteiger partial charge is 0.491 e. The van der Waals surface area contributed by atoms with E-state index in [1.165, 1.54) is 0 Å². The maximum Gasteiger partial charge on any atom is 0.269 e. The minimum Gasteiger partial charge on any atom is -0.491 e. The van der Waals surface area contributed by atoms with Crippen LogP contribution >= 0.6 is 0 Å². The number of amides is 2. The zero-order chi connectivity index (χ0) is 21.8. The van der Waals surface area contributed by atoms with Crippen molar-refractivity contribution in [2.75, 3.05) is 13.2 Å². The molecule has 162 valence electrons. The van der Waals surface area contributed by atoms with E-state index in [-0.39, 0.29) is 6.10 Å². The highest BCUT2D eigenvalue weighted by molar-refractivity contribution is 6.00. The molecule has 8 nitrogen and oxygen atoms in total. The van der Waals surface area contributed by atoms with Crippen molar-refractivity contribution in [1.29, 1.82) is 0 Å². The molecule has 0 saturated carbocycles. The summed E-state index contributed by atoms with van der Waals surface area (Å²) < 4.78 is 13.3. The predicted octanol–water partition coefficient (Wildman–Crippen LogP) is 3.00. The van der Waals surface area contributed by atoms with Crippen molar-refractivity contribution >= 4 is 22.8 Å². The second-order valence-corrected chi connectivity index (χ2v) is 7.49. The summed E-state index contributed by atoms with van der Waals surface area (Å²) in [7, 11) is 0. The van der Waals surface area contributed by atoms with Gasteiger partial charge < -0.3 is 14.0 Å². The van der Waals surface area contributed by atoms with Crippen LogP contribution in [0, 0.1) is 6.92 Å². The Hall–Kier alpha value is -3.39. The van der Waals surface area contributed by atoms with Gasteiger partial charge in [-0.3, -0.25) is 20.4 Å². The highest BCUT2D eigenvalue weighted by Crippen LogP contribution is 2.18. The second-order valence-electron chi connectivity index (χ2n) is 7.49. The summed E-state index contributed by atoms with van der Waals surface area (Å²) in [4.78, 5) is 29.3. The van der Waals surface area contributed by atoms with Gasteiger partial charge in [0, 0.05) is 24.3 Å². The molecular formula is C23H26N4O4. The summed E-state index contributed by atoms with van der Waals surface area (Å²) in [6.07, 6.45) is 2.21. The van der Waals surface area contributed by atoms with Gasteiger partial charge >= 0.3 is 0 Å². The Balaban J connectivity index is 1.32. The quantitative estimate of drug-likeness (QED) is 0.596. The maximum atomic E-state index is 12.5. The van der Waals surface area contributed by atoms with E-state index in [2.05, 4.69) is 20.4 Å². The number of aryl methyl sites for hydroxylation is 2. The summed E-state index contributed by atoms with van der Waals surface area (Å²) in [5, 5.41) is 0. The van der Waals surface area contributed by atoms with Crippen LogP contribution in [0.5, 0.6) is 5.75 Å². The number of hydrogen-bond acceptors (Lipinski definition) is 5. The number of fused-ring (bicyclic) bond motifs is 1. The number of benzene rings is 2. The van der Waals surface area contributed by atoms with E-state index >= 15 is 0 Å². The molecule has 2 amide bonds. The van der Waals surface area contributed by atoms with Gasteiger partial charge in [-0.25, -0.2) is 4.98 Å². The van der Waals surface area contributed by atoms with E-state index in [9.17, 15) is 9.59 Å². The molecule has 0 radical (unpaired) electrons. The van der Waals surface area contributed by atoms with Crippen LogP contribution in [0.3, 0.4) is 0 Å². The van der Waals surface area contributed by atoms with E-state index < -0.39 is 11.8 Å². The smallest absolute Gasteiger partial charge is 0.269 e. The molecule has 1 fully saturated rings. The molecular weight excluding hydrogens is 396 g/mol. The van der Waals surface area contributed by atoms with Crippen molar-refractivity contribution < 1.29 is 19.1 Å². The lowest BCUT2D eigenvalue weighted by atomic mass is 10.2. The molecule has 31 heavy (non-hydrogen) atoms. The van der Waals surface area contributed by atoms with Gasteiger partial charge in [-0.15, -0.1) is 0 Å². The van der Waals surface area contributed by atoms with E-state index in [1.807, 2.05) is 19.9 Å². The van der Waals surface area contributed by atoms with E-state index in [1.54, 1.807) is 36.4 Å². The van der Waals surface area contributed by atoms with Crippen LogP contribution in [0.15, 0.2) is 42.5 Å². The summed E-state index contributed by atoms with van der Waals surface area (Å²) in [6, 6.07) is 12.1. The summed E-state index contributed by atoms with van der Waals surface area (Å²) in [5.74, 6) is 0.749. The van der Waals surface area contributed by atoms with Crippen molar-refractivity contribution in [3.63, 3.8) is 0 Å². The number of aromatic nitrogens is 2. The molecule has 4 rings (SSSR count). The Morgan fingerprint density at radius 3 is 2.52 bits per heavy atom.